The molecule has 0 unspecified atom stereocenters. The largest absolute Gasteiger partial charge is 0.508 e. The molecular formula is C25H28BF3N3O7V. The third-order valence-electron chi connectivity index (χ3n) is 7.58. The Labute approximate surface area is 241 Å². The molecule has 10 nitrogen and oxygen atoms in total. The van der Waals surface area contributed by atoms with Crippen LogP contribution in [0, 0.1) is 11.8 Å². The van der Waals surface area contributed by atoms with E-state index in [0.29, 0.717) is 5.56 Å². The van der Waals surface area contributed by atoms with E-state index in [1.807, 2.05) is 0 Å². The zero-order valence-electron chi connectivity index (χ0n) is 21.6. The summed E-state index contributed by atoms with van der Waals surface area (Å²) in [6, 6.07) is 1.90. The third kappa shape index (κ3) is 5.30. The van der Waals surface area contributed by atoms with Gasteiger partial charge in [0.05, 0.1) is 18.0 Å². The average molecular weight is 601 g/mol. The predicted molar refractivity (Wildman–Crippen MR) is 132 cm³/mol. The van der Waals surface area contributed by atoms with Crippen molar-refractivity contribution in [2.75, 3.05) is 20.6 Å². The Balaban J connectivity index is 0.00000280. The summed E-state index contributed by atoms with van der Waals surface area (Å²) in [4.78, 5) is 40.2. The number of fused-ring (bicyclic) bond motifs is 3. The first-order chi connectivity index (χ1) is 17.6. The quantitative estimate of drug-likeness (QED) is 0.155. The second kappa shape index (κ2) is 11.6. The van der Waals surface area contributed by atoms with E-state index in [-0.39, 0.29) is 63.1 Å². The van der Waals surface area contributed by atoms with Crippen molar-refractivity contribution in [2.45, 2.75) is 43.6 Å². The van der Waals surface area contributed by atoms with Crippen molar-refractivity contribution < 1.29 is 66.5 Å². The van der Waals surface area contributed by atoms with Gasteiger partial charge in [-0.2, -0.15) is 13.2 Å². The molecule has 0 heterocycles. The first-order valence-corrected chi connectivity index (χ1v) is 11.9. The number of nitrogens with zero attached hydrogens (tertiary/aromatic N) is 1. The monoisotopic (exact) mass is 601 g/mol. The van der Waals surface area contributed by atoms with Gasteiger partial charge in [0.2, 0.25) is 5.78 Å². The number of aromatic hydroxyl groups is 1. The number of aliphatic hydroxyl groups excluding tert-OH is 2. The van der Waals surface area contributed by atoms with Crippen LogP contribution in [0.2, 0.25) is 0 Å². The van der Waals surface area contributed by atoms with Crippen molar-refractivity contribution >= 4 is 31.6 Å². The zero-order valence-corrected chi connectivity index (χ0v) is 23.0. The van der Waals surface area contributed by atoms with E-state index < -0.39 is 82.9 Å². The van der Waals surface area contributed by atoms with E-state index in [1.165, 1.54) is 25.1 Å². The van der Waals surface area contributed by atoms with Crippen molar-refractivity contribution in [3.05, 3.63) is 45.7 Å². The summed E-state index contributed by atoms with van der Waals surface area (Å²) in [5.41, 5.74) is 1.86. The van der Waals surface area contributed by atoms with E-state index in [9.17, 15) is 48.0 Å². The van der Waals surface area contributed by atoms with Gasteiger partial charge >= 0.3 is 6.18 Å². The molecule has 0 saturated heterocycles. The van der Waals surface area contributed by atoms with Crippen molar-refractivity contribution in [3.63, 3.8) is 0 Å². The Kier molecular flexibility index (Phi) is 9.71. The SMILES string of the molecule is CN(C)[C@H]1C(=O)C(C(N)=O)=C(O)[C@@]2(O)C(=O)C3=C(O)c4c(ccc(CNCCC(F)(F)F)c4O)C[C@H]3C[C@@H]12.[B].[V]. The van der Waals surface area contributed by atoms with Crippen molar-refractivity contribution in [1.29, 1.82) is 0 Å². The van der Waals surface area contributed by atoms with E-state index in [0.717, 1.165) is 0 Å². The van der Waals surface area contributed by atoms with Crippen LogP contribution in [0.15, 0.2) is 29.0 Å². The van der Waals surface area contributed by atoms with Crippen LogP contribution in [0.3, 0.4) is 0 Å². The summed E-state index contributed by atoms with van der Waals surface area (Å²) in [6.45, 7) is -0.555. The number of aliphatic hydroxyl groups is 3. The third-order valence-corrected chi connectivity index (χ3v) is 7.58. The molecular weight excluding hydrogens is 573 g/mol. The number of halogens is 3. The first-order valence-electron chi connectivity index (χ1n) is 11.9. The van der Waals surface area contributed by atoms with Crippen molar-refractivity contribution in [2.24, 2.45) is 17.6 Å². The number of phenolic OH excluding ortho intramolecular Hbond substituents is 1. The molecule has 40 heavy (non-hydrogen) atoms. The van der Waals surface area contributed by atoms with Gasteiger partial charge in [-0.3, -0.25) is 19.3 Å². The van der Waals surface area contributed by atoms with E-state index in [1.54, 1.807) is 6.07 Å². The van der Waals surface area contributed by atoms with Crippen LogP contribution in [-0.4, -0.2) is 89.7 Å². The molecule has 7 N–H and O–H groups in total. The molecule has 4 atom stereocenters. The fraction of sp³-hybridized carbons (Fsp3) is 0.480. The molecule has 214 valence electrons. The zero-order chi connectivity index (χ0) is 28.3. The number of nitrogens with two attached hydrogens (primary N) is 1. The topological polar surface area (TPSA) is 173 Å². The minimum atomic E-state index is -4.36. The maximum atomic E-state index is 13.7. The Bertz CT molecular complexity index is 1300. The predicted octanol–water partition coefficient (Wildman–Crippen LogP) is 0.623. The Hall–Kier alpha value is -2.77. The fourth-order valence-electron chi connectivity index (χ4n) is 5.86. The average Bonchev–Trinajstić information content (AvgIpc) is 2.79. The van der Waals surface area contributed by atoms with Crippen LogP contribution in [0.1, 0.15) is 29.5 Å². The summed E-state index contributed by atoms with van der Waals surface area (Å²) in [5, 5.41) is 47.0. The minimum Gasteiger partial charge on any atom is -0.508 e. The molecule has 4 rings (SSSR count). The fourth-order valence-corrected chi connectivity index (χ4v) is 5.86. The van der Waals surface area contributed by atoms with Gasteiger partial charge in [0.1, 0.15) is 22.8 Å². The molecule has 0 aliphatic heterocycles. The molecule has 1 amide bonds. The molecule has 1 saturated carbocycles. The number of hydrogen-bond acceptors (Lipinski definition) is 9. The number of likely N-dealkylation sites (N-methyl/N-ethyl adjacent to an activating group) is 1. The van der Waals surface area contributed by atoms with Crippen LogP contribution in [-0.2, 0) is 45.9 Å². The smallest absolute Gasteiger partial charge is 0.390 e. The minimum absolute atomic E-state index is 0. The molecule has 4 radical (unpaired) electrons. The van der Waals surface area contributed by atoms with E-state index in [2.05, 4.69) is 5.32 Å². The molecule has 0 bridgehead atoms. The number of hydrogen-bond donors (Lipinski definition) is 6. The molecule has 3 aliphatic carbocycles. The Morgan fingerprint density at radius 2 is 1.82 bits per heavy atom. The van der Waals surface area contributed by atoms with Gasteiger partial charge in [-0.05, 0) is 38.4 Å². The summed E-state index contributed by atoms with van der Waals surface area (Å²) in [6.07, 6.45) is -5.34. The van der Waals surface area contributed by atoms with E-state index in [4.69, 9.17) is 5.73 Å². The number of carbonyl (C=O) groups is 3. The van der Waals surface area contributed by atoms with Gasteiger partial charge in [-0.1, -0.05) is 12.1 Å². The van der Waals surface area contributed by atoms with Crippen molar-refractivity contribution in [3.8, 4) is 5.75 Å². The van der Waals surface area contributed by atoms with Gasteiger partial charge in [-0.15, -0.1) is 0 Å². The molecule has 3 aliphatic rings. The number of benzene rings is 1. The van der Waals surface area contributed by atoms with Gasteiger partial charge < -0.3 is 31.5 Å². The maximum Gasteiger partial charge on any atom is 0.390 e. The Morgan fingerprint density at radius 1 is 1.20 bits per heavy atom. The maximum absolute atomic E-state index is 13.7. The molecule has 1 fully saturated rings. The number of rotatable bonds is 6. The molecule has 1 aromatic rings. The standard InChI is InChI=1S/C25H28F3N3O7.B.V/c1-31(2)17-13-8-12-7-10-3-4-11(9-30-6-5-24(26,27)28)18(32)14(10)19(33)15(12)21(35)25(13,38)22(36)16(20(17)34)23(29)37;;/h3-4,12-13,17,30,32-33,36,38H,5-9H2,1-2H3,(H2,29,37);;/t12-,13-,17+,25-;;/m0../s1. The second-order valence-corrected chi connectivity index (χ2v) is 10.1. The summed E-state index contributed by atoms with van der Waals surface area (Å²) >= 11 is 0. The summed E-state index contributed by atoms with van der Waals surface area (Å²) in [5.74, 6) is -7.46. The summed E-state index contributed by atoms with van der Waals surface area (Å²) < 4.78 is 37.3. The van der Waals surface area contributed by atoms with Crippen molar-refractivity contribution in [1.82, 2.24) is 10.2 Å². The molecule has 15 heteroatoms. The van der Waals surface area contributed by atoms with Crippen LogP contribution in [0.4, 0.5) is 13.2 Å². The van der Waals surface area contributed by atoms with Gasteiger partial charge in [0.15, 0.2) is 11.4 Å². The number of amides is 1. The van der Waals surface area contributed by atoms with Gasteiger partial charge in [0, 0.05) is 57.1 Å². The van der Waals surface area contributed by atoms with E-state index >= 15 is 0 Å². The number of Topliss-reactive ketones (excluding diaryl/α,β-unsaturated/α-hetero) is 2. The van der Waals surface area contributed by atoms with Gasteiger partial charge in [-0.25, -0.2) is 0 Å². The number of carbonyl (C=O) groups excluding carboxylic acids is 3. The number of phenols is 1. The molecule has 1 aromatic carbocycles. The molecule has 0 spiro atoms. The van der Waals surface area contributed by atoms with Crippen LogP contribution in [0.5, 0.6) is 5.75 Å². The summed E-state index contributed by atoms with van der Waals surface area (Å²) in [7, 11) is 3.02. The Morgan fingerprint density at radius 3 is 2.38 bits per heavy atom. The van der Waals surface area contributed by atoms with Crippen LogP contribution >= 0.6 is 0 Å². The van der Waals surface area contributed by atoms with Gasteiger partial charge in [0.25, 0.3) is 5.91 Å². The molecule has 0 aromatic heterocycles. The number of ketones is 2. The first kappa shape index (κ1) is 33.4. The normalized spacial score (nSPS) is 26.0. The number of primary amides is 1. The number of alkyl halides is 3. The van der Waals surface area contributed by atoms with Crippen LogP contribution < -0.4 is 11.1 Å². The number of nitrogens with one attached hydrogen (secondary N) is 1. The second-order valence-electron chi connectivity index (χ2n) is 10.1. The van der Waals surface area contributed by atoms with Crippen LogP contribution in [0.25, 0.3) is 5.76 Å².